The number of hydrogen-bond acceptors (Lipinski definition) is 3. The molecule has 2 unspecified atom stereocenters. The predicted molar refractivity (Wildman–Crippen MR) is 70.8 cm³/mol. The normalized spacial score (nSPS) is 21.8. The summed E-state index contributed by atoms with van der Waals surface area (Å²) < 4.78 is 0. The number of aromatic nitrogens is 1. The molecule has 18 heavy (non-hydrogen) atoms. The Morgan fingerprint density at radius 2 is 2.22 bits per heavy atom. The lowest BCUT2D eigenvalue weighted by Crippen LogP contribution is -1.98. The van der Waals surface area contributed by atoms with Crippen molar-refractivity contribution in [2.75, 3.05) is 0 Å². The van der Waals surface area contributed by atoms with Crippen molar-refractivity contribution >= 4 is 17.3 Å². The molecule has 1 fully saturated rings. The van der Waals surface area contributed by atoms with Crippen LogP contribution in [-0.2, 0) is 4.79 Å². The molecule has 92 valence electrons. The van der Waals surface area contributed by atoms with Gasteiger partial charge in [0.25, 0.3) is 0 Å². The molecule has 0 radical (unpaired) electrons. The molecule has 1 heterocycles. The fourth-order valence-corrected chi connectivity index (χ4v) is 3.18. The fraction of sp³-hybridized carbons (Fsp3) is 0.286. The highest BCUT2D eigenvalue weighted by Gasteiger charge is 2.46. The molecular weight excluding hydrogens is 246 g/mol. The number of carbonyl (C=O) groups is 1. The summed E-state index contributed by atoms with van der Waals surface area (Å²) >= 11 is 1.57. The van der Waals surface area contributed by atoms with Gasteiger partial charge in [0.15, 0.2) is 0 Å². The summed E-state index contributed by atoms with van der Waals surface area (Å²) in [5.41, 5.74) is 3.29. The van der Waals surface area contributed by atoms with Crippen LogP contribution < -0.4 is 0 Å². The van der Waals surface area contributed by atoms with E-state index in [1.807, 2.05) is 17.5 Å². The smallest absolute Gasteiger partial charge is 0.307 e. The van der Waals surface area contributed by atoms with E-state index in [1.165, 1.54) is 5.56 Å². The monoisotopic (exact) mass is 259 g/mol. The largest absolute Gasteiger partial charge is 0.481 e. The molecule has 1 aliphatic carbocycles. The molecule has 2 atom stereocenters. The first-order chi connectivity index (χ1) is 8.66. The summed E-state index contributed by atoms with van der Waals surface area (Å²) in [6.07, 6.45) is 0.732. The first-order valence-corrected chi connectivity index (χ1v) is 6.79. The van der Waals surface area contributed by atoms with Gasteiger partial charge in [-0.25, -0.2) is 4.98 Å². The van der Waals surface area contributed by atoms with Crippen molar-refractivity contribution in [1.29, 1.82) is 0 Å². The lowest BCUT2D eigenvalue weighted by molar-refractivity contribution is -0.138. The van der Waals surface area contributed by atoms with Crippen LogP contribution in [0.4, 0.5) is 0 Å². The summed E-state index contributed by atoms with van der Waals surface area (Å²) in [4.78, 5) is 15.4. The van der Waals surface area contributed by atoms with E-state index >= 15 is 0 Å². The van der Waals surface area contributed by atoms with Gasteiger partial charge in [-0.05, 0) is 18.9 Å². The zero-order valence-corrected chi connectivity index (χ0v) is 10.8. The van der Waals surface area contributed by atoms with Crippen LogP contribution in [-0.4, -0.2) is 16.1 Å². The number of carboxylic acids is 1. The minimum absolute atomic E-state index is 0.130. The van der Waals surface area contributed by atoms with Crippen molar-refractivity contribution in [1.82, 2.24) is 4.98 Å². The van der Waals surface area contributed by atoms with E-state index in [2.05, 4.69) is 24.0 Å². The number of carboxylic acid groups (broad SMARTS) is 1. The van der Waals surface area contributed by atoms with Crippen molar-refractivity contribution in [3.63, 3.8) is 0 Å². The average Bonchev–Trinajstić information content (AvgIpc) is 3.02. The molecule has 0 saturated heterocycles. The number of nitrogens with zero attached hydrogens (tertiary/aromatic N) is 1. The van der Waals surface area contributed by atoms with E-state index < -0.39 is 5.97 Å². The molecule has 1 aromatic carbocycles. The Balaban J connectivity index is 1.87. The van der Waals surface area contributed by atoms with Crippen LogP contribution in [0.5, 0.6) is 0 Å². The highest BCUT2D eigenvalue weighted by atomic mass is 32.1. The Morgan fingerprint density at radius 1 is 1.44 bits per heavy atom. The molecule has 0 amide bonds. The quantitative estimate of drug-likeness (QED) is 0.920. The van der Waals surface area contributed by atoms with Gasteiger partial charge in [0, 0.05) is 16.9 Å². The van der Waals surface area contributed by atoms with Crippen molar-refractivity contribution in [2.45, 2.75) is 19.3 Å². The van der Waals surface area contributed by atoms with Crippen molar-refractivity contribution in [3.8, 4) is 11.3 Å². The number of benzene rings is 1. The van der Waals surface area contributed by atoms with Gasteiger partial charge in [-0.2, -0.15) is 0 Å². The van der Waals surface area contributed by atoms with Gasteiger partial charge >= 0.3 is 5.97 Å². The first-order valence-electron chi connectivity index (χ1n) is 5.91. The lowest BCUT2D eigenvalue weighted by atomic mass is 10.1. The summed E-state index contributed by atoms with van der Waals surface area (Å²) in [6.45, 7) is 2.06. The molecule has 1 aliphatic rings. The Morgan fingerprint density at radius 3 is 2.89 bits per heavy atom. The summed E-state index contributed by atoms with van der Waals surface area (Å²) in [6, 6.07) is 8.12. The molecule has 2 aromatic rings. The van der Waals surface area contributed by atoms with Gasteiger partial charge in [-0.15, -0.1) is 11.3 Å². The minimum Gasteiger partial charge on any atom is -0.481 e. The van der Waals surface area contributed by atoms with Crippen molar-refractivity contribution in [2.24, 2.45) is 5.92 Å². The second kappa shape index (κ2) is 4.21. The van der Waals surface area contributed by atoms with Crippen LogP contribution in [0.3, 0.4) is 0 Å². The topological polar surface area (TPSA) is 50.2 Å². The Kier molecular flexibility index (Phi) is 2.67. The lowest BCUT2D eigenvalue weighted by Gasteiger charge is -2.00. The SMILES string of the molecule is Cc1ccccc1-c1csc(C2CC2C(=O)O)n1. The molecule has 3 rings (SSSR count). The zero-order valence-electron chi connectivity index (χ0n) is 9.96. The summed E-state index contributed by atoms with van der Waals surface area (Å²) in [7, 11) is 0. The average molecular weight is 259 g/mol. The molecule has 3 nitrogen and oxygen atoms in total. The van der Waals surface area contributed by atoms with Crippen LogP contribution in [0.1, 0.15) is 22.9 Å². The van der Waals surface area contributed by atoms with Crippen molar-refractivity contribution in [3.05, 3.63) is 40.2 Å². The van der Waals surface area contributed by atoms with Crippen LogP contribution in [0, 0.1) is 12.8 Å². The van der Waals surface area contributed by atoms with E-state index in [0.717, 1.165) is 22.7 Å². The number of aryl methyl sites for hydroxylation is 1. The van der Waals surface area contributed by atoms with Gasteiger partial charge in [-0.1, -0.05) is 24.3 Å². The third kappa shape index (κ3) is 1.93. The van der Waals surface area contributed by atoms with Gasteiger partial charge in [0.05, 0.1) is 16.6 Å². The maximum Gasteiger partial charge on any atom is 0.307 e. The Hall–Kier alpha value is -1.68. The van der Waals surface area contributed by atoms with Gasteiger partial charge < -0.3 is 5.11 Å². The first kappa shape index (κ1) is 11.4. The standard InChI is InChI=1S/C14H13NO2S/c1-8-4-2-3-5-9(8)12-7-18-13(15-12)10-6-11(10)14(16)17/h2-5,7,10-11H,6H2,1H3,(H,16,17). The van der Waals surface area contributed by atoms with E-state index in [-0.39, 0.29) is 11.8 Å². The van der Waals surface area contributed by atoms with E-state index in [1.54, 1.807) is 11.3 Å². The third-order valence-electron chi connectivity index (χ3n) is 3.37. The minimum atomic E-state index is -0.701. The Labute approximate surface area is 109 Å². The maximum atomic E-state index is 10.9. The molecule has 0 bridgehead atoms. The molecule has 0 aliphatic heterocycles. The van der Waals surface area contributed by atoms with E-state index in [9.17, 15) is 4.79 Å². The van der Waals surface area contributed by atoms with Crippen molar-refractivity contribution < 1.29 is 9.90 Å². The number of aliphatic carboxylic acids is 1. The van der Waals surface area contributed by atoms with Crippen LogP contribution in [0.2, 0.25) is 0 Å². The maximum absolute atomic E-state index is 10.9. The zero-order chi connectivity index (χ0) is 12.7. The van der Waals surface area contributed by atoms with E-state index in [4.69, 9.17) is 5.11 Å². The number of hydrogen-bond donors (Lipinski definition) is 1. The fourth-order valence-electron chi connectivity index (χ4n) is 2.18. The number of rotatable bonds is 3. The summed E-state index contributed by atoms with van der Waals surface area (Å²) in [5.74, 6) is -0.793. The highest BCUT2D eigenvalue weighted by molar-refractivity contribution is 7.10. The van der Waals surface area contributed by atoms with Gasteiger partial charge in [-0.3, -0.25) is 4.79 Å². The van der Waals surface area contributed by atoms with Gasteiger partial charge in [0.1, 0.15) is 0 Å². The van der Waals surface area contributed by atoms with E-state index in [0.29, 0.717) is 0 Å². The number of thiazole rings is 1. The van der Waals surface area contributed by atoms with Crippen LogP contribution >= 0.6 is 11.3 Å². The second-order valence-electron chi connectivity index (χ2n) is 4.67. The molecule has 1 aromatic heterocycles. The van der Waals surface area contributed by atoms with Crippen LogP contribution in [0.15, 0.2) is 29.6 Å². The molecule has 0 spiro atoms. The molecule has 1 saturated carbocycles. The summed E-state index contributed by atoms with van der Waals surface area (Å²) in [5, 5.41) is 11.9. The molecular formula is C14H13NO2S. The predicted octanol–water partition coefficient (Wildman–Crippen LogP) is 3.31. The molecule has 4 heteroatoms. The second-order valence-corrected chi connectivity index (χ2v) is 5.56. The van der Waals surface area contributed by atoms with Crippen LogP contribution in [0.25, 0.3) is 11.3 Å². The molecule has 1 N–H and O–H groups in total. The Bertz CT molecular complexity index is 605. The highest BCUT2D eigenvalue weighted by Crippen LogP contribution is 2.49. The van der Waals surface area contributed by atoms with Gasteiger partial charge in [0.2, 0.25) is 0 Å². The third-order valence-corrected chi connectivity index (χ3v) is 4.34.